The second-order valence-corrected chi connectivity index (χ2v) is 8.85. The molecule has 1 atom stereocenters. The molecule has 0 aliphatic heterocycles. The van der Waals surface area contributed by atoms with E-state index in [1.54, 1.807) is 26.8 Å². The molecule has 0 aliphatic rings. The van der Waals surface area contributed by atoms with E-state index in [1.807, 2.05) is 0 Å². The van der Waals surface area contributed by atoms with Crippen LogP contribution in [0.1, 0.15) is 36.7 Å². The molecule has 0 N–H and O–H groups in total. The molecule has 0 radical (unpaired) electrons. The first-order valence-corrected chi connectivity index (χ1v) is 9.22. The minimum Gasteiger partial charge on any atom is -0.591 e. The molecule has 0 spiro atoms. The van der Waals surface area contributed by atoms with Gasteiger partial charge < -0.3 is 4.55 Å². The largest absolute Gasteiger partial charge is 0.591 e. The monoisotopic (exact) mass is 419 g/mol. The zero-order valence-corrected chi connectivity index (χ0v) is 16.6. The summed E-state index contributed by atoms with van der Waals surface area (Å²) in [6, 6.07) is 8.17. The normalized spacial score (nSPS) is 12.5. The van der Waals surface area contributed by atoms with E-state index in [2.05, 4.69) is 4.40 Å². The van der Waals surface area contributed by atoms with Gasteiger partial charge in [-0.25, -0.2) is 8.78 Å². The molecule has 0 fully saturated rings. The predicted molar refractivity (Wildman–Crippen MR) is 104 cm³/mol. The lowest BCUT2D eigenvalue weighted by Gasteiger charge is -2.17. The van der Waals surface area contributed by atoms with Gasteiger partial charge in [-0.1, -0.05) is 27.6 Å². The number of rotatable bonds is 3. The van der Waals surface area contributed by atoms with E-state index < -0.39 is 27.7 Å². The number of aldehydes is 1. The Morgan fingerprint density at radius 2 is 1.46 bits per heavy atom. The quantitative estimate of drug-likeness (QED) is 0.366. The molecular weight excluding hydrogens is 403 g/mol. The number of hydrogen-bond acceptors (Lipinski definition) is 3. The fourth-order valence-electron chi connectivity index (χ4n) is 1.47. The van der Waals surface area contributed by atoms with Gasteiger partial charge in [-0.15, -0.1) is 0 Å². The third kappa shape index (κ3) is 7.41. The summed E-state index contributed by atoms with van der Waals surface area (Å²) in [7, 11) is 0. The van der Waals surface area contributed by atoms with Gasteiger partial charge in [0.15, 0.2) is 6.29 Å². The standard InChI is InChI=1S/C11H13ClFNOS.C7H4ClFO/c1-11(2,3)16(15)14-7-8-4-5-9(12)6-10(8)13;8-6-2-1-5(4-10)7(9)3-6/h4-7H,1-3H3;1-4H. The summed E-state index contributed by atoms with van der Waals surface area (Å²) in [6.07, 6.45) is 1.72. The number of benzene rings is 2. The zero-order chi connectivity index (χ0) is 19.9. The van der Waals surface area contributed by atoms with Gasteiger partial charge >= 0.3 is 0 Å². The second kappa shape index (κ2) is 10.0. The van der Waals surface area contributed by atoms with Gasteiger partial charge in [0, 0.05) is 15.6 Å². The van der Waals surface area contributed by atoms with Crippen LogP contribution in [0.25, 0.3) is 0 Å². The van der Waals surface area contributed by atoms with Crippen LogP contribution >= 0.6 is 23.2 Å². The average molecular weight is 420 g/mol. The van der Waals surface area contributed by atoms with Crippen molar-refractivity contribution < 1.29 is 18.1 Å². The van der Waals surface area contributed by atoms with E-state index >= 15 is 0 Å². The lowest BCUT2D eigenvalue weighted by molar-refractivity contribution is 0.112. The summed E-state index contributed by atoms with van der Waals surface area (Å²) < 4.78 is 40.8. The van der Waals surface area contributed by atoms with Gasteiger partial charge in [0.2, 0.25) is 0 Å². The summed E-state index contributed by atoms with van der Waals surface area (Å²) in [4.78, 5) is 10.1. The Morgan fingerprint density at radius 3 is 1.85 bits per heavy atom. The number of carbonyl (C=O) groups is 1. The predicted octanol–water partition coefficient (Wildman–Crippen LogP) is 5.65. The molecule has 2 aromatic rings. The fraction of sp³-hybridized carbons (Fsp3) is 0.222. The van der Waals surface area contributed by atoms with Crippen LogP contribution in [-0.4, -0.2) is 21.8 Å². The molecule has 8 heteroatoms. The van der Waals surface area contributed by atoms with Crippen molar-refractivity contribution >= 4 is 47.1 Å². The van der Waals surface area contributed by atoms with Gasteiger partial charge in [-0.3, -0.25) is 4.79 Å². The summed E-state index contributed by atoms with van der Waals surface area (Å²) in [5.41, 5.74) is 0.311. The molecule has 0 saturated heterocycles. The van der Waals surface area contributed by atoms with Crippen LogP contribution in [0.15, 0.2) is 40.8 Å². The molecule has 1 unspecified atom stereocenters. The molecule has 0 aromatic heterocycles. The Balaban J connectivity index is 0.000000289. The van der Waals surface area contributed by atoms with Crippen molar-refractivity contribution in [3.63, 3.8) is 0 Å². The SMILES string of the molecule is CC(C)(C)[S+]([O-])N=Cc1ccc(Cl)cc1F.O=Cc1ccc(Cl)cc1F. The summed E-state index contributed by atoms with van der Waals surface area (Å²) in [5.74, 6) is -1.05. The molecule has 2 aromatic carbocycles. The van der Waals surface area contributed by atoms with Crippen molar-refractivity contribution in [1.82, 2.24) is 0 Å². The minimum absolute atomic E-state index is 0.0319. The molecular formula is C18H17Cl2F2NO2S. The average Bonchev–Trinajstić information content (AvgIpc) is 2.53. The van der Waals surface area contributed by atoms with E-state index in [-0.39, 0.29) is 11.1 Å². The molecule has 26 heavy (non-hydrogen) atoms. The van der Waals surface area contributed by atoms with E-state index in [9.17, 15) is 18.1 Å². The van der Waals surface area contributed by atoms with Crippen LogP contribution in [0.2, 0.25) is 10.0 Å². The molecule has 0 bridgehead atoms. The molecule has 3 nitrogen and oxygen atoms in total. The highest BCUT2D eigenvalue weighted by atomic mass is 35.5. The van der Waals surface area contributed by atoms with Crippen molar-refractivity contribution in [2.45, 2.75) is 25.5 Å². The topological polar surface area (TPSA) is 52.5 Å². The van der Waals surface area contributed by atoms with Gasteiger partial charge in [-0.2, -0.15) is 0 Å². The molecule has 0 heterocycles. The van der Waals surface area contributed by atoms with E-state index in [4.69, 9.17) is 23.2 Å². The van der Waals surface area contributed by atoms with Crippen molar-refractivity contribution in [1.29, 1.82) is 0 Å². The van der Waals surface area contributed by atoms with Gasteiger partial charge in [-0.05, 0) is 57.2 Å². The number of halogens is 4. The smallest absolute Gasteiger partial charge is 0.152 e. The van der Waals surface area contributed by atoms with Crippen LogP contribution in [-0.2, 0) is 11.4 Å². The summed E-state index contributed by atoms with van der Waals surface area (Å²) >= 11 is 9.64. The first-order chi connectivity index (χ1) is 12.0. The molecule has 2 rings (SSSR count). The maximum absolute atomic E-state index is 13.3. The van der Waals surface area contributed by atoms with Crippen molar-refractivity contribution in [3.8, 4) is 0 Å². The Labute approximate surface area is 164 Å². The van der Waals surface area contributed by atoms with Crippen molar-refractivity contribution in [2.24, 2.45) is 4.40 Å². The van der Waals surface area contributed by atoms with Crippen LogP contribution in [0.5, 0.6) is 0 Å². The lowest BCUT2D eigenvalue weighted by Crippen LogP contribution is -2.25. The van der Waals surface area contributed by atoms with Crippen LogP contribution < -0.4 is 0 Å². The molecule has 0 aliphatic carbocycles. The number of hydrogen-bond donors (Lipinski definition) is 0. The van der Waals surface area contributed by atoms with Crippen molar-refractivity contribution in [2.75, 3.05) is 0 Å². The Kier molecular flexibility index (Phi) is 8.70. The molecule has 140 valence electrons. The van der Waals surface area contributed by atoms with Gasteiger partial charge in [0.05, 0.1) is 11.8 Å². The highest BCUT2D eigenvalue weighted by Gasteiger charge is 2.25. The highest BCUT2D eigenvalue weighted by molar-refractivity contribution is 7.91. The minimum atomic E-state index is -1.38. The Morgan fingerprint density at radius 1 is 1.00 bits per heavy atom. The lowest BCUT2D eigenvalue weighted by atomic mass is 10.2. The zero-order valence-electron chi connectivity index (χ0n) is 14.3. The van der Waals surface area contributed by atoms with Crippen LogP contribution in [0.4, 0.5) is 8.78 Å². The van der Waals surface area contributed by atoms with Crippen LogP contribution in [0.3, 0.4) is 0 Å². The van der Waals surface area contributed by atoms with Crippen molar-refractivity contribution in [3.05, 3.63) is 69.2 Å². The highest BCUT2D eigenvalue weighted by Crippen LogP contribution is 2.18. The first kappa shape index (κ1) is 22.6. The number of nitrogens with zero attached hydrogens (tertiary/aromatic N) is 1. The summed E-state index contributed by atoms with van der Waals surface area (Å²) in [6.45, 7) is 5.41. The Bertz CT molecular complexity index is 795. The van der Waals surface area contributed by atoms with Crippen LogP contribution in [0, 0.1) is 11.6 Å². The Hall–Kier alpha value is -1.47. The second-order valence-electron chi connectivity index (χ2n) is 6.05. The maximum atomic E-state index is 13.3. The maximum Gasteiger partial charge on any atom is 0.152 e. The van der Waals surface area contributed by atoms with E-state index in [0.29, 0.717) is 16.3 Å². The molecule has 0 amide bonds. The summed E-state index contributed by atoms with van der Waals surface area (Å²) in [5, 5.41) is 0.620. The first-order valence-electron chi connectivity index (χ1n) is 7.36. The third-order valence-electron chi connectivity index (χ3n) is 2.86. The molecule has 0 saturated carbocycles. The van der Waals surface area contributed by atoms with E-state index in [0.717, 1.165) is 6.07 Å². The third-order valence-corrected chi connectivity index (χ3v) is 4.68. The fourth-order valence-corrected chi connectivity index (χ4v) is 2.31. The van der Waals surface area contributed by atoms with Gasteiger partial charge in [0.1, 0.15) is 27.7 Å². The van der Waals surface area contributed by atoms with E-state index in [1.165, 1.54) is 30.5 Å². The number of carbonyl (C=O) groups excluding carboxylic acids is 1. The van der Waals surface area contributed by atoms with Gasteiger partial charge in [0.25, 0.3) is 0 Å².